The van der Waals surface area contributed by atoms with Crippen LogP contribution in [0.2, 0.25) is 0 Å². The summed E-state index contributed by atoms with van der Waals surface area (Å²) in [6.45, 7) is 5.10. The van der Waals surface area contributed by atoms with Crippen molar-refractivity contribution in [3.05, 3.63) is 34.6 Å². The van der Waals surface area contributed by atoms with E-state index in [1.165, 1.54) is 6.92 Å². The molecule has 0 spiro atoms. The van der Waals surface area contributed by atoms with Crippen LogP contribution in [0, 0.1) is 30.3 Å². The van der Waals surface area contributed by atoms with Crippen molar-refractivity contribution in [2.75, 3.05) is 0 Å². The van der Waals surface area contributed by atoms with E-state index < -0.39 is 17.5 Å². The molecule has 0 aromatic heterocycles. The molecule has 14 heavy (non-hydrogen) atoms. The van der Waals surface area contributed by atoms with Crippen LogP contribution in [-0.2, 0) is 6.42 Å². The van der Waals surface area contributed by atoms with Gasteiger partial charge in [0.15, 0.2) is 11.6 Å². The van der Waals surface area contributed by atoms with Crippen LogP contribution in [0.15, 0.2) is 6.07 Å². The molecule has 0 N–H and O–H groups in total. The topological polar surface area (TPSA) is 0 Å². The third kappa shape index (κ3) is 2.08. The molecule has 0 bridgehead atoms. The summed E-state index contributed by atoms with van der Waals surface area (Å²) in [5.41, 5.74) is 0.0112. The van der Waals surface area contributed by atoms with Crippen molar-refractivity contribution in [1.82, 2.24) is 0 Å². The zero-order chi connectivity index (χ0) is 10.9. The van der Waals surface area contributed by atoms with Gasteiger partial charge in [-0.1, -0.05) is 13.8 Å². The molecule has 1 aromatic carbocycles. The fourth-order valence-electron chi connectivity index (χ4n) is 1.38. The first-order valence-corrected chi connectivity index (χ1v) is 4.56. The maximum Gasteiger partial charge on any atom is 0.164 e. The predicted octanol–water partition coefficient (Wildman–Crippen LogP) is 3.61. The highest BCUT2D eigenvalue weighted by Gasteiger charge is 2.17. The predicted molar refractivity (Wildman–Crippen MR) is 49.6 cm³/mol. The van der Waals surface area contributed by atoms with Gasteiger partial charge < -0.3 is 0 Å². The van der Waals surface area contributed by atoms with Crippen LogP contribution < -0.4 is 0 Å². The van der Waals surface area contributed by atoms with E-state index in [0.29, 0.717) is 0 Å². The van der Waals surface area contributed by atoms with Crippen LogP contribution in [0.1, 0.15) is 25.0 Å². The van der Waals surface area contributed by atoms with E-state index in [-0.39, 0.29) is 23.5 Å². The van der Waals surface area contributed by atoms with Gasteiger partial charge >= 0.3 is 0 Å². The lowest BCUT2D eigenvalue weighted by Crippen LogP contribution is -2.05. The van der Waals surface area contributed by atoms with Crippen LogP contribution in [0.4, 0.5) is 13.2 Å². The van der Waals surface area contributed by atoms with Crippen molar-refractivity contribution in [1.29, 1.82) is 0 Å². The van der Waals surface area contributed by atoms with E-state index in [0.717, 1.165) is 6.07 Å². The molecular weight excluding hydrogens is 189 g/mol. The number of rotatable bonds is 2. The Morgan fingerprint density at radius 1 is 1.14 bits per heavy atom. The molecule has 0 radical (unpaired) electrons. The third-order valence-corrected chi connectivity index (χ3v) is 2.04. The average Bonchev–Trinajstić information content (AvgIpc) is 2.09. The van der Waals surface area contributed by atoms with E-state index in [2.05, 4.69) is 0 Å². The Hall–Kier alpha value is -0.990. The Morgan fingerprint density at radius 2 is 1.71 bits per heavy atom. The SMILES string of the molecule is Cc1cc(F)c(F)c(CC(C)C)c1F. The lowest BCUT2D eigenvalue weighted by atomic mass is 9.99. The van der Waals surface area contributed by atoms with Crippen molar-refractivity contribution in [2.24, 2.45) is 5.92 Å². The Bertz CT molecular complexity index is 317. The summed E-state index contributed by atoms with van der Waals surface area (Å²) in [5.74, 6) is -2.56. The lowest BCUT2D eigenvalue weighted by Gasteiger charge is -2.10. The van der Waals surface area contributed by atoms with Gasteiger partial charge in [-0.05, 0) is 30.9 Å². The first kappa shape index (κ1) is 11.1. The molecule has 0 unspecified atom stereocenters. The molecule has 3 heteroatoms. The summed E-state index contributed by atoms with van der Waals surface area (Å²) in [7, 11) is 0. The number of halogens is 3. The highest BCUT2D eigenvalue weighted by molar-refractivity contribution is 5.28. The van der Waals surface area contributed by atoms with E-state index in [9.17, 15) is 13.2 Å². The zero-order valence-electron chi connectivity index (χ0n) is 8.50. The van der Waals surface area contributed by atoms with Crippen LogP contribution in [-0.4, -0.2) is 0 Å². The molecule has 0 aliphatic heterocycles. The van der Waals surface area contributed by atoms with Gasteiger partial charge in [-0.25, -0.2) is 13.2 Å². The van der Waals surface area contributed by atoms with Gasteiger partial charge in [-0.2, -0.15) is 0 Å². The summed E-state index contributed by atoms with van der Waals surface area (Å²) in [4.78, 5) is 0. The van der Waals surface area contributed by atoms with Gasteiger partial charge in [0, 0.05) is 5.56 Å². The molecular formula is C11H13F3. The van der Waals surface area contributed by atoms with Gasteiger partial charge in [0.05, 0.1) is 0 Å². The molecule has 0 aliphatic rings. The Balaban J connectivity index is 3.25. The largest absolute Gasteiger partial charge is 0.206 e. The molecule has 0 heterocycles. The van der Waals surface area contributed by atoms with Crippen molar-refractivity contribution >= 4 is 0 Å². The number of benzene rings is 1. The summed E-state index contributed by atoms with van der Waals surface area (Å²) in [5, 5.41) is 0. The van der Waals surface area contributed by atoms with Crippen LogP contribution in [0.25, 0.3) is 0 Å². The van der Waals surface area contributed by atoms with E-state index in [1.54, 1.807) is 0 Å². The molecule has 0 amide bonds. The van der Waals surface area contributed by atoms with Gasteiger partial charge in [-0.3, -0.25) is 0 Å². The van der Waals surface area contributed by atoms with Crippen molar-refractivity contribution < 1.29 is 13.2 Å². The highest BCUT2D eigenvalue weighted by atomic mass is 19.2. The molecule has 0 atom stereocenters. The minimum Gasteiger partial charge on any atom is -0.206 e. The molecule has 78 valence electrons. The fraction of sp³-hybridized carbons (Fsp3) is 0.455. The number of hydrogen-bond donors (Lipinski definition) is 0. The average molecular weight is 202 g/mol. The molecule has 0 saturated heterocycles. The standard InChI is InChI=1S/C11H13F3/c1-6(2)4-8-10(13)7(3)5-9(12)11(8)14/h5-6H,4H2,1-3H3. The van der Waals surface area contributed by atoms with Gasteiger partial charge in [0.2, 0.25) is 0 Å². The molecule has 0 nitrogen and oxygen atoms in total. The zero-order valence-corrected chi connectivity index (χ0v) is 8.50. The quantitative estimate of drug-likeness (QED) is 0.642. The molecule has 0 aliphatic carbocycles. The van der Waals surface area contributed by atoms with Gasteiger partial charge in [0.1, 0.15) is 5.82 Å². The second kappa shape index (κ2) is 4.03. The molecule has 1 rings (SSSR count). The summed E-state index contributed by atoms with van der Waals surface area (Å²) in [6.07, 6.45) is 0.219. The molecule has 0 saturated carbocycles. The van der Waals surface area contributed by atoms with Crippen LogP contribution >= 0.6 is 0 Å². The Morgan fingerprint density at radius 3 is 2.21 bits per heavy atom. The van der Waals surface area contributed by atoms with Gasteiger partial charge in [0.25, 0.3) is 0 Å². The first-order chi connectivity index (χ1) is 6.43. The fourth-order valence-corrected chi connectivity index (χ4v) is 1.38. The van der Waals surface area contributed by atoms with E-state index in [1.807, 2.05) is 13.8 Å². The maximum atomic E-state index is 13.4. The maximum absolute atomic E-state index is 13.4. The van der Waals surface area contributed by atoms with Crippen LogP contribution in [0.5, 0.6) is 0 Å². The first-order valence-electron chi connectivity index (χ1n) is 4.56. The highest BCUT2D eigenvalue weighted by Crippen LogP contribution is 2.22. The smallest absolute Gasteiger partial charge is 0.164 e. The van der Waals surface area contributed by atoms with Crippen LogP contribution in [0.3, 0.4) is 0 Å². The van der Waals surface area contributed by atoms with Crippen molar-refractivity contribution in [3.8, 4) is 0 Å². The number of hydrogen-bond acceptors (Lipinski definition) is 0. The lowest BCUT2D eigenvalue weighted by molar-refractivity contribution is 0.464. The molecule has 1 aromatic rings. The second-order valence-corrected chi connectivity index (χ2v) is 3.88. The van der Waals surface area contributed by atoms with Crippen molar-refractivity contribution in [3.63, 3.8) is 0 Å². The molecule has 0 fully saturated rings. The summed E-state index contributed by atoms with van der Waals surface area (Å²) in [6, 6.07) is 0.883. The minimum atomic E-state index is -1.05. The van der Waals surface area contributed by atoms with E-state index >= 15 is 0 Å². The minimum absolute atomic E-state index is 0.0974. The normalized spacial score (nSPS) is 11.1. The van der Waals surface area contributed by atoms with E-state index in [4.69, 9.17) is 0 Å². The van der Waals surface area contributed by atoms with Crippen molar-refractivity contribution in [2.45, 2.75) is 27.2 Å². The Kier molecular flexibility index (Phi) is 3.19. The third-order valence-electron chi connectivity index (χ3n) is 2.04. The number of aryl methyl sites for hydroxylation is 1. The second-order valence-electron chi connectivity index (χ2n) is 3.88. The summed E-state index contributed by atoms with van der Waals surface area (Å²) < 4.78 is 39.5. The summed E-state index contributed by atoms with van der Waals surface area (Å²) >= 11 is 0. The Labute approximate surface area is 81.8 Å². The monoisotopic (exact) mass is 202 g/mol. The van der Waals surface area contributed by atoms with Gasteiger partial charge in [-0.15, -0.1) is 0 Å².